The van der Waals surface area contributed by atoms with E-state index in [4.69, 9.17) is 4.74 Å². The van der Waals surface area contributed by atoms with Crippen molar-refractivity contribution in [2.75, 3.05) is 11.4 Å². The first kappa shape index (κ1) is 17.7. The van der Waals surface area contributed by atoms with E-state index in [0.717, 1.165) is 18.5 Å². The molecule has 0 aliphatic carbocycles. The van der Waals surface area contributed by atoms with Crippen LogP contribution in [0.2, 0.25) is 0 Å². The molecule has 0 atom stereocenters. The number of aromatic nitrogens is 2. The lowest BCUT2D eigenvalue weighted by molar-refractivity contribution is 0.207. The number of hydrogen-bond acceptors (Lipinski definition) is 3. The molecule has 2 aromatic carbocycles. The third kappa shape index (κ3) is 4.11. The second kappa shape index (κ2) is 8.34. The maximum atomic E-state index is 12.8. The highest BCUT2D eigenvalue weighted by atomic mass is 16.6. The van der Waals surface area contributed by atoms with Crippen LogP contribution in [0.4, 0.5) is 10.6 Å². The molecule has 0 saturated carbocycles. The zero-order valence-electron chi connectivity index (χ0n) is 15.1. The lowest BCUT2D eigenvalue weighted by Crippen LogP contribution is -2.36. The molecule has 1 aromatic heterocycles. The fraction of sp³-hybridized carbons (Fsp3) is 0.238. The van der Waals surface area contributed by atoms with E-state index in [-0.39, 0.29) is 0 Å². The third-order valence-corrected chi connectivity index (χ3v) is 4.08. The molecule has 0 saturated heterocycles. The summed E-state index contributed by atoms with van der Waals surface area (Å²) in [7, 11) is 0. The number of aryl methyl sites for hydroxylation is 1. The van der Waals surface area contributed by atoms with Gasteiger partial charge in [-0.15, -0.1) is 0 Å². The van der Waals surface area contributed by atoms with Crippen LogP contribution in [0.1, 0.15) is 25.3 Å². The molecule has 0 radical (unpaired) electrons. The first-order valence-corrected chi connectivity index (χ1v) is 8.84. The van der Waals surface area contributed by atoms with Crippen molar-refractivity contribution >= 4 is 11.9 Å². The van der Waals surface area contributed by atoms with E-state index in [1.165, 1.54) is 5.56 Å². The predicted octanol–water partition coefficient (Wildman–Crippen LogP) is 4.99. The number of hydrogen-bond donors (Lipinski definition) is 0. The Morgan fingerprint density at radius 2 is 1.81 bits per heavy atom. The number of rotatable bonds is 6. The van der Waals surface area contributed by atoms with Gasteiger partial charge in [0, 0.05) is 12.6 Å². The second-order valence-corrected chi connectivity index (χ2v) is 6.12. The van der Waals surface area contributed by atoms with Crippen LogP contribution < -0.4 is 9.64 Å². The molecule has 0 aliphatic rings. The fourth-order valence-electron chi connectivity index (χ4n) is 2.65. The fourth-order valence-corrected chi connectivity index (χ4v) is 2.65. The molecule has 1 heterocycles. The van der Waals surface area contributed by atoms with Crippen molar-refractivity contribution in [3.63, 3.8) is 0 Å². The Morgan fingerprint density at radius 1 is 1.08 bits per heavy atom. The molecule has 5 nitrogen and oxygen atoms in total. The van der Waals surface area contributed by atoms with Crippen molar-refractivity contribution in [3.8, 4) is 11.4 Å². The van der Waals surface area contributed by atoms with E-state index in [9.17, 15) is 4.79 Å². The Balaban J connectivity index is 1.89. The highest BCUT2D eigenvalue weighted by Gasteiger charge is 2.22. The Kier molecular flexibility index (Phi) is 5.69. The summed E-state index contributed by atoms with van der Waals surface area (Å²) in [6.07, 6.45) is 3.15. The van der Waals surface area contributed by atoms with Gasteiger partial charge in [0.1, 0.15) is 11.6 Å². The standard InChI is InChI=1S/C21H23N3O2/c1-3-4-16-23(21(25)26-19-8-6-5-7-9-19)20-14-15-22-24(20)18-12-10-17(2)11-13-18/h5-15H,3-4,16H2,1-2H3. The van der Waals surface area contributed by atoms with Gasteiger partial charge < -0.3 is 4.74 Å². The number of ether oxygens (including phenoxy) is 1. The molecule has 26 heavy (non-hydrogen) atoms. The van der Waals surface area contributed by atoms with Gasteiger partial charge in [0.15, 0.2) is 0 Å². The number of unbranched alkanes of at least 4 members (excludes halogenated alkanes) is 1. The van der Waals surface area contributed by atoms with Crippen LogP contribution in [0.25, 0.3) is 5.69 Å². The summed E-state index contributed by atoms with van der Waals surface area (Å²) in [5, 5.41) is 4.40. The van der Waals surface area contributed by atoms with Gasteiger partial charge in [-0.2, -0.15) is 5.10 Å². The highest BCUT2D eigenvalue weighted by molar-refractivity contribution is 5.88. The molecule has 1 amide bonds. The van der Waals surface area contributed by atoms with E-state index in [2.05, 4.69) is 12.0 Å². The molecule has 0 aliphatic heterocycles. The normalized spacial score (nSPS) is 10.5. The average molecular weight is 349 g/mol. The quantitative estimate of drug-likeness (QED) is 0.630. The SMILES string of the molecule is CCCCN(C(=O)Oc1ccccc1)c1ccnn1-c1ccc(C)cc1. The van der Waals surface area contributed by atoms with Crippen molar-refractivity contribution in [2.45, 2.75) is 26.7 Å². The maximum absolute atomic E-state index is 12.8. The molecule has 0 bridgehead atoms. The van der Waals surface area contributed by atoms with Gasteiger partial charge in [0.05, 0.1) is 11.9 Å². The molecular formula is C21H23N3O2. The van der Waals surface area contributed by atoms with Crippen LogP contribution in [-0.2, 0) is 0 Å². The predicted molar refractivity (Wildman–Crippen MR) is 103 cm³/mol. The van der Waals surface area contributed by atoms with Gasteiger partial charge in [-0.05, 0) is 37.6 Å². The highest BCUT2D eigenvalue weighted by Crippen LogP contribution is 2.22. The van der Waals surface area contributed by atoms with E-state index in [1.54, 1.807) is 27.9 Å². The minimum atomic E-state index is -0.404. The van der Waals surface area contributed by atoms with Crippen LogP contribution in [0.5, 0.6) is 5.75 Å². The molecule has 0 fully saturated rings. The largest absolute Gasteiger partial charge is 0.420 e. The first-order chi connectivity index (χ1) is 12.7. The zero-order chi connectivity index (χ0) is 18.4. The van der Waals surface area contributed by atoms with Crippen molar-refractivity contribution in [3.05, 3.63) is 72.4 Å². The molecule has 0 N–H and O–H groups in total. The number of benzene rings is 2. The minimum absolute atomic E-state index is 0.404. The van der Waals surface area contributed by atoms with Gasteiger partial charge >= 0.3 is 6.09 Å². The van der Waals surface area contributed by atoms with Crippen molar-refractivity contribution in [1.82, 2.24) is 9.78 Å². The molecule has 5 heteroatoms. The first-order valence-electron chi connectivity index (χ1n) is 8.84. The van der Waals surface area contributed by atoms with Crippen molar-refractivity contribution < 1.29 is 9.53 Å². The molecule has 134 valence electrons. The summed E-state index contributed by atoms with van der Waals surface area (Å²) >= 11 is 0. The summed E-state index contributed by atoms with van der Waals surface area (Å²) in [4.78, 5) is 14.5. The van der Waals surface area contributed by atoms with Crippen molar-refractivity contribution in [2.24, 2.45) is 0 Å². The average Bonchev–Trinajstić information content (AvgIpc) is 3.13. The van der Waals surface area contributed by atoms with Gasteiger partial charge in [0.2, 0.25) is 0 Å². The van der Waals surface area contributed by atoms with Gasteiger partial charge in [0.25, 0.3) is 0 Å². The lowest BCUT2D eigenvalue weighted by atomic mass is 10.2. The number of carbonyl (C=O) groups is 1. The van der Waals surface area contributed by atoms with Crippen LogP contribution in [0.15, 0.2) is 66.9 Å². The van der Waals surface area contributed by atoms with Gasteiger partial charge in [-0.25, -0.2) is 9.48 Å². The zero-order valence-corrected chi connectivity index (χ0v) is 15.1. The lowest BCUT2D eigenvalue weighted by Gasteiger charge is -2.22. The molecule has 0 spiro atoms. The molecular weight excluding hydrogens is 326 g/mol. The number of anilines is 1. The monoisotopic (exact) mass is 349 g/mol. The topological polar surface area (TPSA) is 47.4 Å². The molecule has 3 aromatic rings. The van der Waals surface area contributed by atoms with E-state index in [0.29, 0.717) is 18.1 Å². The Labute approximate surface area is 153 Å². The van der Waals surface area contributed by atoms with Crippen LogP contribution in [-0.4, -0.2) is 22.4 Å². The van der Waals surface area contributed by atoms with Gasteiger partial charge in [-0.1, -0.05) is 49.2 Å². The number of carbonyl (C=O) groups excluding carboxylic acids is 1. The smallest absolute Gasteiger partial charge is 0.410 e. The second-order valence-electron chi connectivity index (χ2n) is 6.12. The molecule has 3 rings (SSSR count). The number of nitrogens with zero attached hydrogens (tertiary/aromatic N) is 3. The summed E-state index contributed by atoms with van der Waals surface area (Å²) in [6.45, 7) is 4.70. The van der Waals surface area contributed by atoms with E-state index in [1.807, 2.05) is 55.5 Å². The van der Waals surface area contributed by atoms with Crippen LogP contribution in [0, 0.1) is 6.92 Å². The van der Waals surface area contributed by atoms with E-state index < -0.39 is 6.09 Å². The van der Waals surface area contributed by atoms with Gasteiger partial charge in [-0.3, -0.25) is 4.90 Å². The van der Waals surface area contributed by atoms with Crippen LogP contribution >= 0.6 is 0 Å². The van der Waals surface area contributed by atoms with Crippen molar-refractivity contribution in [1.29, 1.82) is 0 Å². The number of amides is 1. The summed E-state index contributed by atoms with van der Waals surface area (Å²) in [5.41, 5.74) is 2.08. The summed E-state index contributed by atoms with van der Waals surface area (Å²) in [6, 6.07) is 19.0. The molecule has 0 unspecified atom stereocenters. The minimum Gasteiger partial charge on any atom is -0.410 e. The third-order valence-electron chi connectivity index (χ3n) is 4.08. The Bertz CT molecular complexity index is 841. The Morgan fingerprint density at radius 3 is 2.50 bits per heavy atom. The van der Waals surface area contributed by atoms with E-state index >= 15 is 0 Å². The number of para-hydroxylation sites is 1. The van der Waals surface area contributed by atoms with Crippen LogP contribution in [0.3, 0.4) is 0 Å². The maximum Gasteiger partial charge on any atom is 0.420 e. The Hall–Kier alpha value is -3.08. The summed E-state index contributed by atoms with van der Waals surface area (Å²) in [5.74, 6) is 1.23. The summed E-state index contributed by atoms with van der Waals surface area (Å²) < 4.78 is 7.32.